The fraction of sp³-hybridized carbons (Fsp3) is 0.400. The van der Waals surface area contributed by atoms with Crippen molar-refractivity contribution < 1.29 is 0 Å². The molecule has 1 unspecified atom stereocenters. The van der Waals surface area contributed by atoms with Gasteiger partial charge in [-0.15, -0.1) is 0 Å². The van der Waals surface area contributed by atoms with Gasteiger partial charge in [-0.05, 0) is 31.5 Å². The minimum atomic E-state index is 0.116. The third-order valence-electron chi connectivity index (χ3n) is 4.92. The van der Waals surface area contributed by atoms with Gasteiger partial charge in [0.15, 0.2) is 5.82 Å². The summed E-state index contributed by atoms with van der Waals surface area (Å²) < 4.78 is 2.07. The zero-order valence-corrected chi connectivity index (χ0v) is 15.8. The highest BCUT2D eigenvalue weighted by Gasteiger charge is 2.22. The number of nitrogens with zero attached hydrogens (tertiary/aromatic N) is 5. The molecule has 0 saturated carbocycles. The van der Waals surface area contributed by atoms with Crippen LogP contribution in [0.4, 0.5) is 5.82 Å². The van der Waals surface area contributed by atoms with E-state index in [2.05, 4.69) is 32.1 Å². The van der Waals surface area contributed by atoms with Crippen molar-refractivity contribution in [2.24, 2.45) is 7.05 Å². The molecule has 7 nitrogen and oxygen atoms in total. The van der Waals surface area contributed by atoms with Crippen molar-refractivity contribution in [1.29, 1.82) is 0 Å². The molecule has 2 N–H and O–H groups in total. The van der Waals surface area contributed by atoms with E-state index < -0.39 is 0 Å². The average Bonchev–Trinajstić information content (AvgIpc) is 3.14. The second kappa shape index (κ2) is 7.84. The van der Waals surface area contributed by atoms with Crippen molar-refractivity contribution in [3.05, 3.63) is 54.0 Å². The standard InChI is InChI=1S/C20H25N7/c1-3-5-16(20-23-10-11-27(20)2)24-19-15-7-9-22-13-17(15)25-18(26-19)14-6-4-8-21-12-14/h4,6,8,10-12,16,22H,3,5,7,9,13H2,1-2H3,(H,24,25,26). The van der Waals surface area contributed by atoms with E-state index in [1.165, 1.54) is 5.56 Å². The maximum absolute atomic E-state index is 4.89. The highest BCUT2D eigenvalue weighted by Crippen LogP contribution is 2.29. The minimum absolute atomic E-state index is 0.116. The van der Waals surface area contributed by atoms with Crippen molar-refractivity contribution in [2.75, 3.05) is 11.9 Å². The monoisotopic (exact) mass is 363 g/mol. The summed E-state index contributed by atoms with van der Waals surface area (Å²) in [4.78, 5) is 18.5. The topological polar surface area (TPSA) is 80.6 Å². The summed E-state index contributed by atoms with van der Waals surface area (Å²) >= 11 is 0. The van der Waals surface area contributed by atoms with Gasteiger partial charge in [0.25, 0.3) is 0 Å². The first-order chi connectivity index (χ1) is 13.3. The molecule has 7 heteroatoms. The van der Waals surface area contributed by atoms with Crippen LogP contribution in [0.2, 0.25) is 0 Å². The van der Waals surface area contributed by atoms with Crippen LogP contribution in [0.25, 0.3) is 11.4 Å². The number of anilines is 1. The van der Waals surface area contributed by atoms with Gasteiger partial charge in [0.1, 0.15) is 11.6 Å². The van der Waals surface area contributed by atoms with Gasteiger partial charge in [0.05, 0.1) is 11.7 Å². The number of aryl methyl sites for hydroxylation is 1. The Hall–Kier alpha value is -2.80. The molecule has 140 valence electrons. The molecule has 1 aliphatic heterocycles. The molecule has 0 amide bonds. The first-order valence-electron chi connectivity index (χ1n) is 9.51. The number of rotatable bonds is 6. The van der Waals surface area contributed by atoms with Gasteiger partial charge >= 0.3 is 0 Å². The van der Waals surface area contributed by atoms with E-state index in [9.17, 15) is 0 Å². The molecule has 3 aromatic rings. The van der Waals surface area contributed by atoms with Crippen LogP contribution in [0.5, 0.6) is 0 Å². The largest absolute Gasteiger partial charge is 0.360 e. The minimum Gasteiger partial charge on any atom is -0.360 e. The van der Waals surface area contributed by atoms with Crippen LogP contribution in [0.15, 0.2) is 36.9 Å². The fourth-order valence-electron chi connectivity index (χ4n) is 3.54. The third kappa shape index (κ3) is 3.68. The van der Waals surface area contributed by atoms with Gasteiger partial charge in [-0.1, -0.05) is 13.3 Å². The number of imidazole rings is 1. The van der Waals surface area contributed by atoms with Gasteiger partial charge in [-0.2, -0.15) is 0 Å². The molecule has 4 heterocycles. The van der Waals surface area contributed by atoms with Crippen molar-refractivity contribution in [3.63, 3.8) is 0 Å². The molecular weight excluding hydrogens is 338 g/mol. The Kier molecular flexibility index (Phi) is 5.11. The quantitative estimate of drug-likeness (QED) is 0.701. The van der Waals surface area contributed by atoms with Crippen LogP contribution in [0.1, 0.15) is 42.9 Å². The predicted molar refractivity (Wildman–Crippen MR) is 105 cm³/mol. The predicted octanol–water partition coefficient (Wildman–Crippen LogP) is 2.87. The first kappa shape index (κ1) is 17.6. The maximum Gasteiger partial charge on any atom is 0.163 e. The normalized spacial score (nSPS) is 14.6. The van der Waals surface area contributed by atoms with Crippen LogP contribution in [0.3, 0.4) is 0 Å². The summed E-state index contributed by atoms with van der Waals surface area (Å²) in [6.07, 6.45) is 10.4. The van der Waals surface area contributed by atoms with Crippen molar-refractivity contribution in [2.45, 2.75) is 38.8 Å². The third-order valence-corrected chi connectivity index (χ3v) is 4.92. The molecule has 1 aliphatic rings. The second-order valence-corrected chi connectivity index (χ2v) is 6.87. The van der Waals surface area contributed by atoms with E-state index in [1.54, 1.807) is 6.20 Å². The zero-order valence-electron chi connectivity index (χ0n) is 15.8. The molecule has 0 fully saturated rings. The lowest BCUT2D eigenvalue weighted by Crippen LogP contribution is -2.27. The van der Waals surface area contributed by atoms with E-state index in [0.717, 1.165) is 55.3 Å². The van der Waals surface area contributed by atoms with E-state index >= 15 is 0 Å². The molecule has 0 spiro atoms. The Labute approximate surface area is 159 Å². The van der Waals surface area contributed by atoms with Gasteiger partial charge < -0.3 is 15.2 Å². The van der Waals surface area contributed by atoms with Crippen LogP contribution in [-0.2, 0) is 20.0 Å². The summed E-state index contributed by atoms with van der Waals surface area (Å²) in [6, 6.07) is 4.03. The molecular formula is C20H25N7. The number of fused-ring (bicyclic) bond motifs is 1. The first-order valence-corrected chi connectivity index (χ1v) is 9.51. The summed E-state index contributed by atoms with van der Waals surface area (Å²) in [7, 11) is 2.03. The summed E-state index contributed by atoms with van der Waals surface area (Å²) in [6.45, 7) is 3.90. The fourth-order valence-corrected chi connectivity index (χ4v) is 3.54. The van der Waals surface area contributed by atoms with Crippen LogP contribution in [0, 0.1) is 0 Å². The lowest BCUT2D eigenvalue weighted by molar-refractivity contribution is 0.600. The smallest absolute Gasteiger partial charge is 0.163 e. The Bertz CT molecular complexity index is 904. The maximum atomic E-state index is 4.89. The molecule has 0 saturated heterocycles. The Morgan fingerprint density at radius 2 is 2.22 bits per heavy atom. The molecule has 0 radical (unpaired) electrons. The molecule has 0 aliphatic carbocycles. The van der Waals surface area contributed by atoms with Crippen molar-refractivity contribution in [3.8, 4) is 11.4 Å². The van der Waals surface area contributed by atoms with E-state index in [-0.39, 0.29) is 6.04 Å². The van der Waals surface area contributed by atoms with Crippen LogP contribution < -0.4 is 10.6 Å². The Morgan fingerprint density at radius 1 is 1.30 bits per heavy atom. The van der Waals surface area contributed by atoms with Crippen molar-refractivity contribution >= 4 is 5.82 Å². The van der Waals surface area contributed by atoms with E-state index in [0.29, 0.717) is 5.82 Å². The second-order valence-electron chi connectivity index (χ2n) is 6.87. The number of aromatic nitrogens is 5. The number of hydrogen-bond donors (Lipinski definition) is 2. The SMILES string of the molecule is CCCC(Nc1nc(-c2cccnc2)nc2c1CCNC2)c1nccn1C. The summed E-state index contributed by atoms with van der Waals surface area (Å²) in [5.74, 6) is 2.66. The van der Waals surface area contributed by atoms with Gasteiger partial charge in [-0.25, -0.2) is 15.0 Å². The lowest BCUT2D eigenvalue weighted by atomic mass is 10.0. The zero-order chi connectivity index (χ0) is 18.6. The molecule has 3 aromatic heterocycles. The van der Waals surface area contributed by atoms with Crippen molar-refractivity contribution in [1.82, 2.24) is 29.8 Å². The lowest BCUT2D eigenvalue weighted by Gasteiger charge is -2.24. The number of hydrogen-bond acceptors (Lipinski definition) is 6. The summed E-state index contributed by atoms with van der Waals surface area (Å²) in [5.41, 5.74) is 3.20. The Morgan fingerprint density at radius 3 is 2.96 bits per heavy atom. The number of nitrogens with one attached hydrogen (secondary N) is 2. The highest BCUT2D eigenvalue weighted by atomic mass is 15.1. The molecule has 1 atom stereocenters. The van der Waals surface area contributed by atoms with Gasteiger partial charge in [0.2, 0.25) is 0 Å². The molecule has 0 bridgehead atoms. The van der Waals surface area contributed by atoms with E-state index in [1.807, 2.05) is 37.8 Å². The van der Waals surface area contributed by atoms with Crippen LogP contribution >= 0.6 is 0 Å². The molecule has 4 rings (SSSR count). The Balaban J connectivity index is 1.75. The van der Waals surface area contributed by atoms with Crippen LogP contribution in [-0.4, -0.2) is 31.0 Å². The molecule has 0 aromatic carbocycles. The number of pyridine rings is 1. The van der Waals surface area contributed by atoms with Gasteiger partial charge in [-0.3, -0.25) is 4.98 Å². The summed E-state index contributed by atoms with van der Waals surface area (Å²) in [5, 5.41) is 7.09. The van der Waals surface area contributed by atoms with Gasteiger partial charge in [0, 0.05) is 49.5 Å². The average molecular weight is 363 g/mol. The highest BCUT2D eigenvalue weighted by molar-refractivity contribution is 5.59. The van der Waals surface area contributed by atoms with E-state index in [4.69, 9.17) is 9.97 Å². The molecule has 27 heavy (non-hydrogen) atoms.